The van der Waals surface area contributed by atoms with Gasteiger partial charge in [0.1, 0.15) is 48.2 Å². The van der Waals surface area contributed by atoms with E-state index < -0.39 is 5.67 Å². The first-order valence-electron chi connectivity index (χ1n) is 40.5. The number of piperidine rings is 1. The highest BCUT2D eigenvalue weighted by atomic mass is 19.1. The van der Waals surface area contributed by atoms with E-state index in [1.807, 2.05) is 62.4 Å². The molecule has 0 atom stereocenters. The zero-order valence-corrected chi connectivity index (χ0v) is 69.2. The number of ether oxygens (including phenoxy) is 7. The van der Waals surface area contributed by atoms with Crippen LogP contribution in [0.2, 0.25) is 0 Å². The molecule has 3 fully saturated rings. The summed E-state index contributed by atoms with van der Waals surface area (Å²) in [6, 6.07) is 39.0. The van der Waals surface area contributed by atoms with E-state index in [1.165, 1.54) is 82.9 Å². The summed E-state index contributed by atoms with van der Waals surface area (Å²) in [5, 5.41) is 0. The van der Waals surface area contributed by atoms with Gasteiger partial charge in [0.15, 0.2) is 56.9 Å². The number of aryl methyl sites for hydroxylation is 2. The second kappa shape index (κ2) is 40.4. The Morgan fingerprint density at radius 3 is 1.12 bits per heavy atom. The number of likely N-dealkylation sites (tertiary alicyclic amines) is 3. The summed E-state index contributed by atoms with van der Waals surface area (Å²) in [5.74, 6) is 2.69. The minimum atomic E-state index is -1.06. The maximum atomic E-state index is 14.1. The molecule has 4 aromatic carbocycles. The van der Waals surface area contributed by atoms with Crippen molar-refractivity contribution in [2.24, 2.45) is 0 Å². The lowest BCUT2D eigenvalue weighted by Crippen LogP contribution is -2.39. The number of nitrogens with one attached hydrogen (secondary N) is 2. The minimum Gasteiger partial charge on any atom is -0.463 e. The average Bonchev–Trinajstić information content (AvgIpc) is 1.65. The van der Waals surface area contributed by atoms with Gasteiger partial charge in [0, 0.05) is 66.3 Å². The van der Waals surface area contributed by atoms with Crippen molar-refractivity contribution < 1.29 is 37.5 Å². The summed E-state index contributed by atoms with van der Waals surface area (Å²) in [6.07, 6.45) is 8.78. The molecule has 9 aromatic heterocycles. The molecule has 35 heteroatoms. The number of alkyl halides is 1. The molecule has 0 spiro atoms. The SMILES string of the molecule is CCCCOc1nc(N)c2nc(C)n(Cc3cccc(CN4CCCC4)c3)c2n1.COCCOc1nc(N)c2[nH]c(=O)n(Cc3cccc(CN4CCC(C)(F)CC4)c3)c2n1.COCCOc1nc(N)c2[nH]c(=O)n(Cc3cccc(Cn4ccccc4=O)c3)c2n1.COCCOc1nc(N)c2nc(C)n(Cc3cccc(CN4CCC4)c3)c2n1. The number of aromatic nitrogens is 17. The lowest BCUT2D eigenvalue weighted by Gasteiger charge is -2.34. The molecule has 0 amide bonds. The number of halogens is 1. The summed E-state index contributed by atoms with van der Waals surface area (Å²) >= 11 is 0. The van der Waals surface area contributed by atoms with Crippen molar-refractivity contribution in [1.82, 2.24) is 97.3 Å². The van der Waals surface area contributed by atoms with Gasteiger partial charge in [-0.15, -0.1) is 0 Å². The minimum absolute atomic E-state index is 0.0751. The average molecular weight is 1640 g/mol. The number of hydrogen-bond donors (Lipinski definition) is 6. The molecule has 12 heterocycles. The second-order valence-electron chi connectivity index (χ2n) is 30.3. The number of benzene rings is 4. The summed E-state index contributed by atoms with van der Waals surface area (Å²) in [6.45, 7) is 21.9. The quantitative estimate of drug-likeness (QED) is 0.0215. The molecule has 0 radical (unpaired) electrons. The molecule has 3 aliphatic heterocycles. The topological polar surface area (TPSA) is 415 Å². The first kappa shape index (κ1) is 85.6. The van der Waals surface area contributed by atoms with Crippen molar-refractivity contribution in [3.05, 3.63) is 209 Å². The number of hydrogen-bond acceptors (Lipinski definition) is 27. The first-order chi connectivity index (χ1) is 58.2. The number of nitrogens with two attached hydrogens (primary N) is 4. The number of fused-ring (bicyclic) bond motifs is 4. The molecule has 0 saturated carbocycles. The number of anilines is 4. The molecule has 3 saturated heterocycles. The molecule has 0 bridgehead atoms. The molecule has 0 aliphatic carbocycles. The van der Waals surface area contributed by atoms with Gasteiger partial charge in [0.2, 0.25) is 0 Å². The third-order valence-corrected chi connectivity index (χ3v) is 21.0. The smallest absolute Gasteiger partial charge is 0.328 e. The van der Waals surface area contributed by atoms with Crippen LogP contribution >= 0.6 is 0 Å². The number of imidazole rings is 4. The Balaban J connectivity index is 0.000000138. The van der Waals surface area contributed by atoms with Crippen LogP contribution in [0.15, 0.2) is 136 Å². The normalized spacial score (nSPS) is 14.2. The monoisotopic (exact) mass is 1640 g/mol. The summed E-state index contributed by atoms with van der Waals surface area (Å²) in [5.41, 5.74) is 35.6. The van der Waals surface area contributed by atoms with Crippen molar-refractivity contribution in [1.29, 1.82) is 0 Å². The Hall–Kier alpha value is -12.3. The highest BCUT2D eigenvalue weighted by Gasteiger charge is 2.30. The van der Waals surface area contributed by atoms with Crippen molar-refractivity contribution >= 4 is 67.9 Å². The van der Waals surface area contributed by atoms with Crippen molar-refractivity contribution in [3.63, 3.8) is 0 Å². The Kier molecular flexibility index (Phi) is 28.9. The third-order valence-electron chi connectivity index (χ3n) is 21.0. The van der Waals surface area contributed by atoms with E-state index >= 15 is 0 Å². The fraction of sp³-hybridized carbons (Fsp3) is 0.424. The van der Waals surface area contributed by atoms with Gasteiger partial charge in [0.25, 0.3) is 5.56 Å². The molecule has 0 unspecified atom stereocenters. The van der Waals surface area contributed by atoms with E-state index in [0.717, 1.165) is 85.1 Å². The number of methoxy groups -OCH3 is 3. The van der Waals surface area contributed by atoms with Crippen LogP contribution in [-0.2, 0) is 66.6 Å². The van der Waals surface area contributed by atoms with E-state index in [4.69, 9.17) is 56.1 Å². The number of aromatic amines is 2. The first-order valence-corrected chi connectivity index (χ1v) is 40.5. The molecule has 10 N–H and O–H groups in total. The second-order valence-corrected chi connectivity index (χ2v) is 30.3. The zero-order valence-electron chi connectivity index (χ0n) is 69.2. The summed E-state index contributed by atoms with van der Waals surface area (Å²) < 4.78 is 60.0. The third kappa shape index (κ3) is 22.4. The van der Waals surface area contributed by atoms with Crippen LogP contribution in [0, 0.1) is 13.8 Å². The lowest BCUT2D eigenvalue weighted by atomic mass is 9.95. The van der Waals surface area contributed by atoms with E-state index in [0.29, 0.717) is 129 Å². The maximum absolute atomic E-state index is 14.1. The molecule has 3 aliphatic rings. The van der Waals surface area contributed by atoms with Crippen molar-refractivity contribution in [2.45, 2.75) is 131 Å². The predicted octanol–water partition coefficient (Wildman–Crippen LogP) is 8.62. The fourth-order valence-corrected chi connectivity index (χ4v) is 14.4. The fourth-order valence-electron chi connectivity index (χ4n) is 14.4. The number of nitrogen functional groups attached to an aromatic ring is 4. The maximum Gasteiger partial charge on any atom is 0.328 e. The molecule has 13 aromatic rings. The van der Waals surface area contributed by atoms with Gasteiger partial charge in [-0.2, -0.15) is 39.9 Å². The van der Waals surface area contributed by atoms with Gasteiger partial charge in [0.05, 0.1) is 59.2 Å². The highest BCUT2D eigenvalue weighted by Crippen LogP contribution is 2.30. The van der Waals surface area contributed by atoms with Gasteiger partial charge >= 0.3 is 35.4 Å². The number of H-pyrrole nitrogens is 2. The molecular weight excluding hydrogens is 1540 g/mol. The Labute approximate surface area is 693 Å². The molecule has 16 rings (SSSR count). The summed E-state index contributed by atoms with van der Waals surface area (Å²) in [7, 11) is 4.76. The van der Waals surface area contributed by atoms with Crippen molar-refractivity contribution in [2.75, 3.05) is 130 Å². The number of rotatable bonds is 32. The number of unbranched alkanes of at least 4 members (excludes halogenated alkanes) is 1. The van der Waals surface area contributed by atoms with Gasteiger partial charge in [-0.1, -0.05) is 116 Å². The lowest BCUT2D eigenvalue weighted by molar-refractivity contribution is 0.0704. The van der Waals surface area contributed by atoms with Crippen LogP contribution in [0.1, 0.15) is 115 Å². The van der Waals surface area contributed by atoms with Gasteiger partial charge in [-0.05, 0) is 136 Å². The predicted molar refractivity (Wildman–Crippen MR) is 457 cm³/mol. The van der Waals surface area contributed by atoms with Crippen LogP contribution in [0.4, 0.5) is 27.7 Å². The van der Waals surface area contributed by atoms with Gasteiger partial charge in [-0.25, -0.2) is 23.9 Å². The Bertz CT molecular complexity index is 5800. The van der Waals surface area contributed by atoms with Gasteiger partial charge < -0.3 is 79.8 Å². The largest absolute Gasteiger partial charge is 0.463 e. The number of pyridine rings is 1. The van der Waals surface area contributed by atoms with E-state index in [9.17, 15) is 18.8 Å². The molecular formula is C85H107FN24O10. The van der Waals surface area contributed by atoms with E-state index in [2.05, 4.69) is 145 Å². The van der Waals surface area contributed by atoms with Crippen LogP contribution in [0.25, 0.3) is 44.7 Å². The van der Waals surface area contributed by atoms with Crippen LogP contribution < -0.4 is 58.8 Å². The molecule has 120 heavy (non-hydrogen) atoms. The van der Waals surface area contributed by atoms with Crippen LogP contribution in [0.3, 0.4) is 0 Å². The number of nitrogens with zero attached hydrogens (tertiary/aromatic N) is 18. The molecule has 34 nitrogen and oxygen atoms in total. The Morgan fingerprint density at radius 1 is 0.400 bits per heavy atom. The summed E-state index contributed by atoms with van der Waals surface area (Å²) in [4.78, 5) is 93.5. The highest BCUT2D eigenvalue weighted by molar-refractivity contribution is 5.85. The molecule has 634 valence electrons. The van der Waals surface area contributed by atoms with Crippen molar-refractivity contribution in [3.8, 4) is 24.0 Å². The van der Waals surface area contributed by atoms with E-state index in [1.54, 1.807) is 45.1 Å². The van der Waals surface area contributed by atoms with Gasteiger partial charge in [-0.3, -0.25) is 28.6 Å². The Morgan fingerprint density at radius 2 is 0.750 bits per heavy atom. The van der Waals surface area contributed by atoms with E-state index in [-0.39, 0.29) is 66.4 Å². The standard InChI is InChI=1S/C22H29FN6O3.C22H30N6O.C21H22N6O4.C20H26N6O2/c1-22(23)6-8-28(9-7-22)13-15-4-3-5-16(12-15)14-29-19-17(25-21(29)30)18(24)26-20(27-19)32-11-10-31-2;1-3-4-12-29-22-25-20(23)19-21(26-22)28(16(2)24-19)15-18-9-7-8-17(13-18)14-27-10-5-6-11-27;1-30-9-10-31-20-24-18(22)17-19(25-20)27(21(29)23-17)13-15-6-4-5-14(11-15)12-26-8-3-2-7-16(26)28;1-14-22-17-18(21)23-20(28-10-9-27-2)24-19(17)26(14)13-16-6-3-5-15(11-16)12-25-7-4-8-25/h3-5,12H,6-11,13-14H2,1-2H3,(H,25,30)(H2,24,26,27);7-9,13H,3-6,10-12,14-15H2,1-2H3,(H2,23,25,26);2-8,11H,9-10,12-13H2,1H3,(H,23,29)(H2,22,24,25);3,5-6,11H,4,7-10,12-13H2,1-2H3,(H2,21,23,24). The zero-order chi connectivity index (χ0) is 84.2. The van der Waals surface area contributed by atoms with Crippen LogP contribution in [0.5, 0.6) is 24.0 Å². The van der Waals surface area contributed by atoms with Crippen LogP contribution in [-0.4, -0.2) is 210 Å².